The Labute approximate surface area is 221 Å². The van der Waals surface area contributed by atoms with Crippen LogP contribution in [0.25, 0.3) is 0 Å². The highest BCUT2D eigenvalue weighted by Gasteiger charge is 2.46. The van der Waals surface area contributed by atoms with Crippen molar-refractivity contribution in [3.05, 3.63) is 34.9 Å². The molecule has 1 saturated carbocycles. The van der Waals surface area contributed by atoms with Crippen LogP contribution in [0.2, 0.25) is 0 Å². The second-order valence-corrected chi connectivity index (χ2v) is 14.4. The number of allylic oxidation sites excluding steroid dienone is 6. The predicted molar refractivity (Wildman–Crippen MR) is 151 cm³/mol. The lowest BCUT2D eigenvalue weighted by Gasteiger charge is -2.28. The molecule has 0 heterocycles. The lowest BCUT2D eigenvalue weighted by atomic mass is 9.98. The van der Waals surface area contributed by atoms with Gasteiger partial charge < -0.3 is 9.05 Å². The standard InChI is InChI=1S/C28H51O6PS/c1-7-32-35(29,33-8-2)28(36(30,31)34-27-21-10-9-11-22-27)23-13-12-17-25(5)19-15-20-26(6)18-14-16-24(3)4/h16-17,20,27-28H,7-15,18-19,21-23H2,1-6H3/b25-17+,26-20+/i13+2. The van der Waals surface area contributed by atoms with Gasteiger partial charge in [-0.1, -0.05) is 54.2 Å². The van der Waals surface area contributed by atoms with Crippen LogP contribution in [0.5, 0.6) is 0 Å². The average Bonchev–Trinajstić information content (AvgIpc) is 2.79. The minimum Gasteiger partial charge on any atom is -0.308 e. The molecule has 1 aliphatic carbocycles. The van der Waals surface area contributed by atoms with Gasteiger partial charge in [-0.15, -0.1) is 0 Å². The first-order valence-corrected chi connectivity index (χ1v) is 16.9. The van der Waals surface area contributed by atoms with Crippen molar-refractivity contribution in [3.63, 3.8) is 0 Å². The van der Waals surface area contributed by atoms with Crippen molar-refractivity contribution in [2.75, 3.05) is 13.2 Å². The molecule has 8 heteroatoms. The number of rotatable bonds is 18. The molecule has 36 heavy (non-hydrogen) atoms. The van der Waals surface area contributed by atoms with E-state index in [1.807, 2.05) is 0 Å². The Morgan fingerprint density at radius 1 is 0.917 bits per heavy atom. The van der Waals surface area contributed by atoms with Crippen LogP contribution in [0.4, 0.5) is 0 Å². The van der Waals surface area contributed by atoms with E-state index in [1.54, 1.807) is 13.8 Å². The summed E-state index contributed by atoms with van der Waals surface area (Å²) < 4.78 is 56.5. The maximum absolute atomic E-state index is 13.5. The molecule has 0 aromatic heterocycles. The van der Waals surface area contributed by atoms with Crippen molar-refractivity contribution in [1.29, 1.82) is 0 Å². The molecule has 0 radical (unpaired) electrons. The Balaban J connectivity index is 2.74. The fourth-order valence-electron chi connectivity index (χ4n) is 4.42. The molecule has 1 rings (SSSR count). The molecule has 0 aliphatic heterocycles. The first kappa shape index (κ1) is 33.3. The van der Waals surface area contributed by atoms with Crippen LogP contribution in [-0.2, 0) is 27.9 Å². The van der Waals surface area contributed by atoms with Crippen LogP contribution in [0.3, 0.4) is 0 Å². The number of unbranched alkanes of at least 4 members (excludes halogenated alkanes) is 1. The molecule has 0 bridgehead atoms. The summed E-state index contributed by atoms with van der Waals surface area (Å²) in [5, 5.41) is 0. The van der Waals surface area contributed by atoms with E-state index in [1.165, 1.54) is 16.7 Å². The smallest absolute Gasteiger partial charge is 0.308 e. The first-order valence-electron chi connectivity index (χ1n) is 13.8. The Morgan fingerprint density at radius 2 is 1.47 bits per heavy atom. The molecule has 0 spiro atoms. The van der Waals surface area contributed by atoms with Gasteiger partial charge in [-0.2, -0.15) is 8.42 Å². The molecule has 210 valence electrons. The predicted octanol–water partition coefficient (Wildman–Crippen LogP) is 8.85. The van der Waals surface area contributed by atoms with Gasteiger partial charge in [0.1, 0.15) is 0 Å². The highest BCUT2D eigenvalue weighted by molar-refractivity contribution is 7.94. The number of hydrogen-bond acceptors (Lipinski definition) is 6. The Bertz CT molecular complexity index is 854. The zero-order valence-corrected chi connectivity index (χ0v) is 25.3. The van der Waals surface area contributed by atoms with Crippen molar-refractivity contribution in [2.24, 2.45) is 0 Å². The van der Waals surface area contributed by atoms with E-state index in [0.717, 1.165) is 44.9 Å². The van der Waals surface area contributed by atoms with Gasteiger partial charge in [0.05, 0.1) is 19.3 Å². The molecule has 1 fully saturated rings. The highest BCUT2D eigenvalue weighted by Crippen LogP contribution is 2.57. The summed E-state index contributed by atoms with van der Waals surface area (Å²) in [6.07, 6.45) is 16.4. The quantitative estimate of drug-likeness (QED) is 0.0737. The van der Waals surface area contributed by atoms with Crippen molar-refractivity contribution < 1.29 is 26.2 Å². The molecular formula is C28H51O6PS. The van der Waals surface area contributed by atoms with Crippen molar-refractivity contribution in [3.8, 4) is 0 Å². The highest BCUT2D eigenvalue weighted by atomic mass is 32.2. The van der Waals surface area contributed by atoms with Crippen molar-refractivity contribution >= 4 is 17.7 Å². The summed E-state index contributed by atoms with van der Waals surface area (Å²) in [6, 6.07) is 0. The third-order valence-electron chi connectivity index (χ3n) is 6.40. The Kier molecular flexibility index (Phi) is 16.4. The van der Waals surface area contributed by atoms with E-state index in [4.69, 9.17) is 13.2 Å². The van der Waals surface area contributed by atoms with Gasteiger partial charge >= 0.3 is 7.60 Å². The Morgan fingerprint density at radius 3 is 2.03 bits per heavy atom. The van der Waals surface area contributed by atoms with E-state index >= 15 is 0 Å². The van der Waals surface area contributed by atoms with Gasteiger partial charge in [-0.25, -0.2) is 0 Å². The van der Waals surface area contributed by atoms with Gasteiger partial charge in [-0.3, -0.25) is 8.75 Å². The van der Waals surface area contributed by atoms with Crippen LogP contribution < -0.4 is 0 Å². The largest absolute Gasteiger partial charge is 0.351 e. The second-order valence-electron chi connectivity index (χ2n) is 10.1. The van der Waals surface area contributed by atoms with E-state index in [0.29, 0.717) is 25.7 Å². The van der Waals surface area contributed by atoms with Crippen LogP contribution in [0, 0.1) is 0 Å². The monoisotopic (exact) mass is 548 g/mol. The van der Waals surface area contributed by atoms with Gasteiger partial charge in [0, 0.05) is 0 Å². The third-order valence-corrected chi connectivity index (χ3v) is 11.6. The van der Waals surface area contributed by atoms with E-state index in [2.05, 4.69) is 45.9 Å². The maximum atomic E-state index is 13.5. The summed E-state index contributed by atoms with van der Waals surface area (Å²) >= 11 is 0. The van der Waals surface area contributed by atoms with Crippen LogP contribution >= 0.6 is 7.60 Å². The molecule has 0 amide bonds. The fraction of sp³-hybridized carbons (Fsp3) is 0.786. The zero-order chi connectivity index (χ0) is 27.0. The van der Waals surface area contributed by atoms with Gasteiger partial charge in [0.25, 0.3) is 10.1 Å². The van der Waals surface area contributed by atoms with E-state index in [9.17, 15) is 13.0 Å². The van der Waals surface area contributed by atoms with Crippen LogP contribution in [0.15, 0.2) is 34.9 Å². The van der Waals surface area contributed by atoms with Crippen LogP contribution in [-0.4, -0.2) is 32.7 Å². The molecule has 0 N–H and O–H groups in total. The minimum absolute atomic E-state index is 0.118. The Hall–Kier alpha value is -0.720. The van der Waals surface area contributed by atoms with Crippen molar-refractivity contribution in [1.82, 2.24) is 0 Å². The molecular weight excluding hydrogens is 497 g/mol. The molecule has 6 nitrogen and oxygen atoms in total. The lowest BCUT2D eigenvalue weighted by molar-refractivity contribution is 0.158. The second kappa shape index (κ2) is 17.7. The summed E-state index contributed by atoms with van der Waals surface area (Å²) in [7, 11) is -7.98. The van der Waals surface area contributed by atoms with Crippen molar-refractivity contribution in [2.45, 2.75) is 130 Å². The van der Waals surface area contributed by atoms with E-state index < -0.39 is 22.7 Å². The average molecular weight is 549 g/mol. The molecule has 1 aliphatic rings. The maximum Gasteiger partial charge on any atom is 0.351 e. The lowest BCUT2D eigenvalue weighted by Crippen LogP contribution is -2.30. The molecule has 0 aromatic carbocycles. The SMILES string of the molecule is CCOP(=O)(OCC)C(C[14CH2]C/C=C(\C)CC/C=C(\C)CCC=C(C)C)S(=O)(=O)OC1CCCCC1. The topological polar surface area (TPSA) is 78.9 Å². The van der Waals surface area contributed by atoms with Crippen LogP contribution in [0.1, 0.15) is 119 Å². The zero-order valence-electron chi connectivity index (χ0n) is 23.6. The van der Waals surface area contributed by atoms with E-state index in [-0.39, 0.29) is 25.7 Å². The summed E-state index contributed by atoms with van der Waals surface area (Å²) in [4.78, 5) is -1.30. The molecule has 1 unspecified atom stereocenters. The summed E-state index contributed by atoms with van der Waals surface area (Å²) in [5.74, 6) is 0. The molecule has 0 aromatic rings. The van der Waals surface area contributed by atoms with Gasteiger partial charge in [0.2, 0.25) is 0 Å². The van der Waals surface area contributed by atoms with Gasteiger partial charge in [-0.05, 0) is 99.3 Å². The molecule has 1 atom stereocenters. The van der Waals surface area contributed by atoms with Gasteiger partial charge in [0.15, 0.2) is 4.99 Å². The third kappa shape index (κ3) is 13.2. The first-order chi connectivity index (χ1) is 17.0. The fourth-order valence-corrected chi connectivity index (χ4v) is 8.98. The molecule has 0 saturated heterocycles. The minimum atomic E-state index is -4.11. The summed E-state index contributed by atoms with van der Waals surface area (Å²) in [6.45, 7) is 12.2. The normalized spacial score (nSPS) is 17.3. The summed E-state index contributed by atoms with van der Waals surface area (Å²) in [5.41, 5.74) is 4.05. The number of hydrogen-bond donors (Lipinski definition) is 0.